The van der Waals surface area contributed by atoms with E-state index in [4.69, 9.17) is 4.74 Å². The number of nitrogens with zero attached hydrogens (tertiary/aromatic N) is 1. The molecule has 0 N–H and O–H groups in total. The van der Waals surface area contributed by atoms with E-state index in [1.165, 1.54) is 43.8 Å². The van der Waals surface area contributed by atoms with E-state index in [1.54, 1.807) is 12.1 Å². The number of hydrogen-bond acceptors (Lipinski definition) is 5. The van der Waals surface area contributed by atoms with Crippen LogP contribution in [0, 0.1) is 5.82 Å². The number of carbonyl (C=O) groups excluding carboxylic acids is 1. The van der Waals surface area contributed by atoms with Gasteiger partial charge in [-0.25, -0.2) is 14.2 Å². The Morgan fingerprint density at radius 2 is 1.79 bits per heavy atom. The molecule has 0 saturated heterocycles. The van der Waals surface area contributed by atoms with Gasteiger partial charge in [-0.1, -0.05) is 30.3 Å². The minimum atomic E-state index is -0.487. The number of thiazole rings is 1. The van der Waals surface area contributed by atoms with Gasteiger partial charge in [-0.2, -0.15) is 0 Å². The van der Waals surface area contributed by atoms with Crippen LogP contribution in [0.4, 0.5) is 4.39 Å². The molecular weight excluding hydrogens is 377 g/mol. The summed E-state index contributed by atoms with van der Waals surface area (Å²) in [6.45, 7) is 0. The smallest absolute Gasteiger partial charge is 0.334 e. The van der Waals surface area contributed by atoms with Gasteiger partial charge in [0.05, 0.1) is 26.0 Å². The van der Waals surface area contributed by atoms with Crippen molar-refractivity contribution in [3.05, 3.63) is 82.6 Å². The molecule has 6 heteroatoms. The summed E-state index contributed by atoms with van der Waals surface area (Å²) < 4.78 is 23.1. The molecule has 142 valence electrons. The first kappa shape index (κ1) is 19.5. The van der Waals surface area contributed by atoms with Crippen LogP contribution >= 0.6 is 11.3 Å². The Balaban J connectivity index is 1.86. The van der Waals surface area contributed by atoms with Crippen molar-refractivity contribution < 1.29 is 18.7 Å². The Morgan fingerprint density at radius 3 is 2.50 bits per heavy atom. The van der Waals surface area contributed by atoms with E-state index >= 15 is 0 Å². The molecule has 3 rings (SSSR count). The molecule has 0 radical (unpaired) electrons. The van der Waals surface area contributed by atoms with E-state index in [-0.39, 0.29) is 5.82 Å². The van der Waals surface area contributed by atoms with Crippen LogP contribution in [0.25, 0.3) is 28.5 Å². The molecule has 0 aliphatic rings. The monoisotopic (exact) mass is 395 g/mol. The van der Waals surface area contributed by atoms with Crippen LogP contribution in [0.2, 0.25) is 0 Å². The van der Waals surface area contributed by atoms with Crippen molar-refractivity contribution in [1.82, 2.24) is 4.98 Å². The Hall–Kier alpha value is -3.25. The number of esters is 1. The largest absolute Gasteiger partial charge is 0.496 e. The molecule has 2 aromatic carbocycles. The van der Waals surface area contributed by atoms with Crippen molar-refractivity contribution in [3.63, 3.8) is 0 Å². The molecule has 28 heavy (non-hydrogen) atoms. The number of hydrogen-bond donors (Lipinski definition) is 0. The zero-order valence-corrected chi connectivity index (χ0v) is 16.2. The zero-order chi connectivity index (χ0) is 19.9. The average Bonchev–Trinajstić information content (AvgIpc) is 3.20. The van der Waals surface area contributed by atoms with Gasteiger partial charge in [-0.05, 0) is 35.9 Å². The van der Waals surface area contributed by atoms with Crippen LogP contribution in [0.15, 0.2) is 60.0 Å². The lowest BCUT2D eigenvalue weighted by Gasteiger charge is -2.09. The average molecular weight is 395 g/mol. The third-order valence-electron chi connectivity index (χ3n) is 3.94. The molecule has 0 spiro atoms. The van der Waals surface area contributed by atoms with E-state index < -0.39 is 5.97 Å². The Labute approximate surface area is 166 Å². The summed E-state index contributed by atoms with van der Waals surface area (Å²) in [5, 5.41) is 2.75. The second-order valence-corrected chi connectivity index (χ2v) is 6.60. The van der Waals surface area contributed by atoms with Crippen molar-refractivity contribution in [3.8, 4) is 10.6 Å². The second-order valence-electron chi connectivity index (χ2n) is 5.74. The van der Waals surface area contributed by atoms with Crippen molar-refractivity contribution in [2.45, 2.75) is 0 Å². The fourth-order valence-electron chi connectivity index (χ4n) is 2.54. The molecule has 1 aromatic heterocycles. The van der Waals surface area contributed by atoms with Crippen molar-refractivity contribution in [1.29, 1.82) is 0 Å². The summed E-state index contributed by atoms with van der Waals surface area (Å²) in [7, 11) is 2.82. The Kier molecular flexibility index (Phi) is 6.34. The maximum Gasteiger partial charge on any atom is 0.334 e. The highest BCUT2D eigenvalue weighted by Crippen LogP contribution is 2.26. The van der Waals surface area contributed by atoms with Gasteiger partial charge in [-0.3, -0.25) is 0 Å². The molecule has 0 atom stereocenters. The first-order chi connectivity index (χ1) is 13.6. The molecule has 0 unspecified atom stereocenters. The van der Waals surface area contributed by atoms with Crippen LogP contribution in [-0.4, -0.2) is 25.2 Å². The maximum absolute atomic E-state index is 13.1. The van der Waals surface area contributed by atoms with Gasteiger partial charge in [0.1, 0.15) is 16.6 Å². The van der Waals surface area contributed by atoms with Crippen molar-refractivity contribution >= 4 is 35.2 Å². The summed E-state index contributed by atoms with van der Waals surface area (Å²) >= 11 is 1.49. The molecule has 0 fully saturated rings. The number of aromatic nitrogens is 1. The van der Waals surface area contributed by atoms with Crippen LogP contribution < -0.4 is 0 Å². The van der Waals surface area contributed by atoms with Gasteiger partial charge in [0.15, 0.2) is 0 Å². The van der Waals surface area contributed by atoms with Crippen LogP contribution in [-0.2, 0) is 14.3 Å². The summed E-state index contributed by atoms with van der Waals surface area (Å²) in [5.74, 6) is -0.345. The Morgan fingerprint density at radius 1 is 1.04 bits per heavy atom. The van der Waals surface area contributed by atoms with Crippen molar-refractivity contribution in [2.75, 3.05) is 14.2 Å². The van der Waals surface area contributed by atoms with Gasteiger partial charge in [0, 0.05) is 16.5 Å². The van der Waals surface area contributed by atoms with E-state index in [9.17, 15) is 9.18 Å². The van der Waals surface area contributed by atoms with Gasteiger partial charge < -0.3 is 9.47 Å². The lowest BCUT2D eigenvalue weighted by molar-refractivity contribution is -0.134. The molecule has 0 saturated carbocycles. The molecule has 3 aromatic rings. The second kappa shape index (κ2) is 9.10. The number of ether oxygens (including phenoxy) is 2. The standard InChI is InChI=1S/C22H18FNO3S/c1-26-20(13-21(25)27-2)19-6-4-3-5-15(19)9-12-18-14-28-22(24-18)16-7-10-17(23)11-8-16/h3-14H,1-2H3/b12-9-,20-13+. The highest BCUT2D eigenvalue weighted by Gasteiger charge is 2.09. The third kappa shape index (κ3) is 4.72. The summed E-state index contributed by atoms with van der Waals surface area (Å²) in [5.41, 5.74) is 3.29. The molecule has 0 bridgehead atoms. The molecule has 1 heterocycles. The third-order valence-corrected chi connectivity index (χ3v) is 4.85. The quantitative estimate of drug-likeness (QED) is 0.324. The van der Waals surface area contributed by atoms with E-state index in [0.29, 0.717) is 5.76 Å². The highest BCUT2D eigenvalue weighted by molar-refractivity contribution is 7.13. The Bertz CT molecular complexity index is 1020. The predicted octanol–water partition coefficient (Wildman–Crippen LogP) is 5.28. The topological polar surface area (TPSA) is 48.4 Å². The summed E-state index contributed by atoms with van der Waals surface area (Å²) in [6, 6.07) is 13.8. The van der Waals surface area contributed by atoms with E-state index in [2.05, 4.69) is 9.72 Å². The number of rotatable bonds is 6. The number of halogens is 1. The van der Waals surface area contributed by atoms with Gasteiger partial charge in [-0.15, -0.1) is 11.3 Å². The SMILES string of the molecule is COC(=O)/C=C(/OC)c1ccccc1/C=C\c1csc(-c2ccc(F)cc2)n1. The van der Waals surface area contributed by atoms with Gasteiger partial charge in [0.25, 0.3) is 0 Å². The van der Waals surface area contributed by atoms with Crippen LogP contribution in [0.5, 0.6) is 0 Å². The molecule has 0 aliphatic heterocycles. The molecule has 0 amide bonds. The fraction of sp³-hybridized carbons (Fsp3) is 0.0909. The number of benzene rings is 2. The molecule has 4 nitrogen and oxygen atoms in total. The van der Waals surface area contributed by atoms with E-state index in [0.717, 1.165) is 27.4 Å². The minimum Gasteiger partial charge on any atom is -0.496 e. The predicted molar refractivity (Wildman–Crippen MR) is 110 cm³/mol. The van der Waals surface area contributed by atoms with E-state index in [1.807, 2.05) is 41.8 Å². The lowest BCUT2D eigenvalue weighted by atomic mass is 10.0. The minimum absolute atomic E-state index is 0.272. The highest BCUT2D eigenvalue weighted by atomic mass is 32.1. The normalized spacial score (nSPS) is 11.6. The molecule has 0 aliphatic carbocycles. The first-order valence-corrected chi connectivity index (χ1v) is 9.31. The molecular formula is C22H18FNO3S. The van der Waals surface area contributed by atoms with Gasteiger partial charge >= 0.3 is 5.97 Å². The fourth-order valence-corrected chi connectivity index (χ4v) is 3.34. The number of methoxy groups -OCH3 is 2. The summed E-state index contributed by atoms with van der Waals surface area (Å²) in [6.07, 6.45) is 5.10. The zero-order valence-electron chi connectivity index (χ0n) is 15.4. The number of carbonyl (C=O) groups is 1. The summed E-state index contributed by atoms with van der Waals surface area (Å²) in [4.78, 5) is 16.1. The first-order valence-electron chi connectivity index (χ1n) is 8.43. The van der Waals surface area contributed by atoms with Crippen LogP contribution in [0.3, 0.4) is 0 Å². The van der Waals surface area contributed by atoms with Crippen LogP contribution in [0.1, 0.15) is 16.8 Å². The van der Waals surface area contributed by atoms with Crippen molar-refractivity contribution in [2.24, 2.45) is 0 Å². The van der Waals surface area contributed by atoms with Gasteiger partial charge in [0.2, 0.25) is 0 Å². The maximum atomic E-state index is 13.1. The lowest BCUT2D eigenvalue weighted by Crippen LogP contribution is -1.99.